The Morgan fingerprint density at radius 1 is 1.06 bits per heavy atom. The van der Waals surface area contributed by atoms with Crippen LogP contribution in [0.1, 0.15) is 17.3 Å². The smallest absolute Gasteiger partial charge is 0.338 e. The quantitative estimate of drug-likeness (QED) is 0.527. The lowest BCUT2D eigenvalue weighted by Crippen LogP contribution is -2.43. The first-order valence-electron chi connectivity index (χ1n) is 9.77. The number of fused-ring (bicyclic) bond motifs is 1. The number of nitrogens with one attached hydrogen (secondary N) is 1. The van der Waals surface area contributed by atoms with Gasteiger partial charge in [0.15, 0.2) is 12.1 Å². The lowest BCUT2D eigenvalue weighted by atomic mass is 10.1. The van der Waals surface area contributed by atoms with Gasteiger partial charge in [-0.05, 0) is 55.5 Å². The standard InChI is InChI=1S/C21H18ClN5O5/c1-2-32-21(31)12-3-7-14(8-4-12)23-16(28)11-26-18-17(24-25-26)19(29)27(20(18)30)15-9-5-13(22)6-10-15/h3-10,17-18H,2,11H2,1H3,(H,23,28)/t17-,18-/m1/s1. The van der Waals surface area contributed by atoms with Crippen molar-refractivity contribution in [3.8, 4) is 0 Å². The van der Waals surface area contributed by atoms with Gasteiger partial charge in [0.05, 0.1) is 17.9 Å². The average Bonchev–Trinajstić information content (AvgIpc) is 3.29. The predicted octanol–water partition coefficient (Wildman–Crippen LogP) is 2.45. The van der Waals surface area contributed by atoms with E-state index in [0.717, 1.165) is 4.90 Å². The Hall–Kier alpha value is -3.79. The first-order valence-corrected chi connectivity index (χ1v) is 10.1. The first kappa shape index (κ1) is 21.4. The molecule has 4 rings (SSSR count). The van der Waals surface area contributed by atoms with Crippen LogP contribution in [0.2, 0.25) is 5.02 Å². The van der Waals surface area contributed by atoms with E-state index in [1.807, 2.05) is 0 Å². The molecule has 0 spiro atoms. The molecule has 2 heterocycles. The SMILES string of the molecule is CCOC(=O)c1ccc(NC(=O)CN2N=N[C@H]3C(=O)N(c4ccc(Cl)cc4)C(=O)[C@@H]32)cc1. The third-order valence-corrected chi connectivity index (χ3v) is 5.18. The van der Waals surface area contributed by atoms with E-state index in [1.54, 1.807) is 43.3 Å². The Kier molecular flexibility index (Phi) is 5.87. The second-order valence-electron chi connectivity index (χ2n) is 7.03. The summed E-state index contributed by atoms with van der Waals surface area (Å²) in [7, 11) is 0. The van der Waals surface area contributed by atoms with E-state index < -0.39 is 35.8 Å². The Balaban J connectivity index is 1.41. The van der Waals surface area contributed by atoms with Crippen molar-refractivity contribution < 1.29 is 23.9 Å². The summed E-state index contributed by atoms with van der Waals surface area (Å²) in [5.74, 6) is -1.94. The topological polar surface area (TPSA) is 121 Å². The molecule has 0 unspecified atom stereocenters. The molecule has 32 heavy (non-hydrogen) atoms. The van der Waals surface area contributed by atoms with Gasteiger partial charge in [-0.1, -0.05) is 16.8 Å². The summed E-state index contributed by atoms with van der Waals surface area (Å²) in [6, 6.07) is 10.5. The van der Waals surface area contributed by atoms with E-state index in [4.69, 9.17) is 16.3 Å². The Morgan fingerprint density at radius 3 is 2.41 bits per heavy atom. The van der Waals surface area contributed by atoms with Crippen LogP contribution in [0.25, 0.3) is 0 Å². The molecule has 0 saturated carbocycles. The minimum absolute atomic E-state index is 0.264. The van der Waals surface area contributed by atoms with E-state index in [-0.39, 0.29) is 13.2 Å². The first-order chi connectivity index (χ1) is 15.4. The minimum Gasteiger partial charge on any atom is -0.462 e. The highest BCUT2D eigenvalue weighted by Crippen LogP contribution is 2.32. The normalized spacial score (nSPS) is 19.3. The molecule has 0 radical (unpaired) electrons. The Morgan fingerprint density at radius 2 is 1.75 bits per heavy atom. The highest BCUT2D eigenvalue weighted by atomic mass is 35.5. The number of hydrogen-bond acceptors (Lipinski definition) is 8. The van der Waals surface area contributed by atoms with Crippen molar-refractivity contribution in [2.24, 2.45) is 10.3 Å². The van der Waals surface area contributed by atoms with E-state index in [2.05, 4.69) is 15.7 Å². The number of hydrogen-bond donors (Lipinski definition) is 1. The summed E-state index contributed by atoms with van der Waals surface area (Å²) < 4.78 is 4.92. The van der Waals surface area contributed by atoms with Crippen LogP contribution >= 0.6 is 11.6 Å². The van der Waals surface area contributed by atoms with Crippen LogP contribution in [0.5, 0.6) is 0 Å². The van der Waals surface area contributed by atoms with Crippen molar-refractivity contribution in [3.05, 3.63) is 59.1 Å². The van der Waals surface area contributed by atoms with Gasteiger partial charge in [0, 0.05) is 10.7 Å². The number of carbonyl (C=O) groups is 4. The molecular weight excluding hydrogens is 438 g/mol. The van der Waals surface area contributed by atoms with Crippen LogP contribution in [0.4, 0.5) is 11.4 Å². The minimum atomic E-state index is -1.00. The lowest BCUT2D eigenvalue weighted by molar-refractivity contribution is -0.123. The highest BCUT2D eigenvalue weighted by Gasteiger charge is 2.55. The van der Waals surface area contributed by atoms with Crippen molar-refractivity contribution in [1.82, 2.24) is 5.01 Å². The molecule has 11 heteroatoms. The molecule has 1 fully saturated rings. The number of imide groups is 1. The summed E-state index contributed by atoms with van der Waals surface area (Å²) in [6.45, 7) is 1.70. The molecule has 2 aliphatic heterocycles. The molecule has 0 aromatic heterocycles. The number of benzene rings is 2. The van der Waals surface area contributed by atoms with Crippen LogP contribution in [-0.2, 0) is 19.1 Å². The van der Waals surface area contributed by atoms with Gasteiger partial charge in [0.25, 0.3) is 11.8 Å². The molecule has 1 N–H and O–H groups in total. The largest absolute Gasteiger partial charge is 0.462 e. The summed E-state index contributed by atoms with van der Waals surface area (Å²) in [5.41, 5.74) is 1.19. The molecule has 2 aromatic rings. The summed E-state index contributed by atoms with van der Waals surface area (Å²) >= 11 is 5.87. The van der Waals surface area contributed by atoms with Gasteiger partial charge in [-0.2, -0.15) is 5.11 Å². The van der Waals surface area contributed by atoms with Crippen LogP contribution < -0.4 is 10.2 Å². The van der Waals surface area contributed by atoms with Crippen molar-refractivity contribution >= 4 is 46.7 Å². The van der Waals surface area contributed by atoms with Gasteiger partial charge in [0.2, 0.25) is 5.91 Å². The van der Waals surface area contributed by atoms with Gasteiger partial charge in [-0.3, -0.25) is 19.4 Å². The zero-order valence-electron chi connectivity index (χ0n) is 16.9. The van der Waals surface area contributed by atoms with E-state index in [0.29, 0.717) is 22.0 Å². The van der Waals surface area contributed by atoms with Crippen molar-refractivity contribution in [2.45, 2.75) is 19.0 Å². The number of carbonyl (C=O) groups excluding carboxylic acids is 4. The van der Waals surface area contributed by atoms with Crippen LogP contribution in [0.15, 0.2) is 58.9 Å². The van der Waals surface area contributed by atoms with Gasteiger partial charge in [0.1, 0.15) is 6.54 Å². The van der Waals surface area contributed by atoms with Gasteiger partial charge in [-0.15, -0.1) is 0 Å². The molecule has 3 amide bonds. The molecule has 164 valence electrons. The number of halogens is 1. The summed E-state index contributed by atoms with van der Waals surface area (Å²) in [5, 5.41) is 12.1. The van der Waals surface area contributed by atoms with E-state index >= 15 is 0 Å². The molecule has 0 aliphatic carbocycles. The van der Waals surface area contributed by atoms with Crippen molar-refractivity contribution in [2.75, 3.05) is 23.4 Å². The van der Waals surface area contributed by atoms with Crippen molar-refractivity contribution in [1.29, 1.82) is 0 Å². The fourth-order valence-electron chi connectivity index (χ4n) is 3.45. The second-order valence-corrected chi connectivity index (χ2v) is 7.46. The van der Waals surface area contributed by atoms with Crippen LogP contribution in [0.3, 0.4) is 0 Å². The third-order valence-electron chi connectivity index (χ3n) is 4.93. The lowest BCUT2D eigenvalue weighted by Gasteiger charge is -2.20. The van der Waals surface area contributed by atoms with Crippen LogP contribution in [0, 0.1) is 0 Å². The molecule has 2 aromatic carbocycles. The summed E-state index contributed by atoms with van der Waals surface area (Å²) in [6.07, 6.45) is 0. The Bertz CT molecular complexity index is 1100. The van der Waals surface area contributed by atoms with Crippen molar-refractivity contribution in [3.63, 3.8) is 0 Å². The average molecular weight is 456 g/mol. The number of nitrogens with zero attached hydrogens (tertiary/aromatic N) is 4. The number of ether oxygens (including phenoxy) is 1. The maximum Gasteiger partial charge on any atom is 0.338 e. The molecule has 10 nitrogen and oxygen atoms in total. The van der Waals surface area contributed by atoms with Gasteiger partial charge < -0.3 is 10.1 Å². The molecular formula is C21H18ClN5O5. The summed E-state index contributed by atoms with van der Waals surface area (Å²) in [4.78, 5) is 50.8. The Labute approximate surface area is 187 Å². The molecule has 1 saturated heterocycles. The predicted molar refractivity (Wildman–Crippen MR) is 114 cm³/mol. The monoisotopic (exact) mass is 455 g/mol. The molecule has 2 aliphatic rings. The van der Waals surface area contributed by atoms with E-state index in [1.165, 1.54) is 17.1 Å². The van der Waals surface area contributed by atoms with Gasteiger partial charge in [-0.25, -0.2) is 9.69 Å². The number of anilines is 2. The zero-order valence-corrected chi connectivity index (χ0v) is 17.7. The number of amides is 3. The highest BCUT2D eigenvalue weighted by molar-refractivity contribution is 6.31. The van der Waals surface area contributed by atoms with E-state index in [9.17, 15) is 19.2 Å². The maximum absolute atomic E-state index is 12.9. The third kappa shape index (κ3) is 4.04. The molecule has 2 atom stereocenters. The molecule has 0 bridgehead atoms. The van der Waals surface area contributed by atoms with Crippen LogP contribution in [-0.4, -0.2) is 53.9 Å². The maximum atomic E-state index is 12.9. The fourth-order valence-corrected chi connectivity index (χ4v) is 3.58. The van der Waals surface area contributed by atoms with Gasteiger partial charge >= 0.3 is 5.97 Å². The zero-order chi connectivity index (χ0) is 22.8. The second kappa shape index (κ2) is 8.75. The number of rotatable bonds is 6. The number of esters is 1. The fraction of sp³-hybridized carbons (Fsp3) is 0.238.